The predicted molar refractivity (Wildman–Crippen MR) is 124 cm³/mol. The van der Waals surface area contributed by atoms with Gasteiger partial charge in [0.1, 0.15) is 10.6 Å². The third kappa shape index (κ3) is 5.66. The molecule has 0 amide bonds. The molecule has 174 valence electrons. The molecule has 4 aromatic rings. The summed E-state index contributed by atoms with van der Waals surface area (Å²) in [6.07, 6.45) is 8.03. The number of carboxylic acids is 1. The minimum absolute atomic E-state index is 0.0603. The molecule has 4 rings (SSSR count). The first-order valence-electron chi connectivity index (χ1n) is 10.3. The van der Waals surface area contributed by atoms with Crippen LogP contribution in [0.3, 0.4) is 0 Å². The monoisotopic (exact) mass is 478 g/mol. The van der Waals surface area contributed by atoms with Crippen LogP contribution >= 0.6 is 0 Å². The fraction of sp³-hybridized carbons (Fsp3) is 0.125. The smallest absolute Gasteiger partial charge is 0.341 e. The third-order valence-electron chi connectivity index (χ3n) is 4.99. The van der Waals surface area contributed by atoms with Crippen molar-refractivity contribution in [1.29, 1.82) is 0 Å². The number of pyridine rings is 1. The van der Waals surface area contributed by atoms with E-state index in [0.717, 1.165) is 11.3 Å². The molecule has 0 saturated carbocycles. The lowest BCUT2D eigenvalue weighted by atomic mass is 10.2. The van der Waals surface area contributed by atoms with Gasteiger partial charge >= 0.3 is 5.97 Å². The van der Waals surface area contributed by atoms with Gasteiger partial charge < -0.3 is 14.4 Å². The van der Waals surface area contributed by atoms with Gasteiger partial charge in [-0.3, -0.25) is 4.98 Å². The molecule has 0 bridgehead atoms. The molecule has 2 aromatic carbocycles. The normalized spacial score (nSPS) is 11.4. The first-order valence-corrected chi connectivity index (χ1v) is 11.8. The molecule has 0 unspecified atom stereocenters. The Balaban J connectivity index is 1.61. The number of aromatic nitrogens is 3. The summed E-state index contributed by atoms with van der Waals surface area (Å²) < 4.78 is 35.4. The molecule has 34 heavy (non-hydrogen) atoms. The highest BCUT2D eigenvalue weighted by Gasteiger charge is 2.25. The quantitative estimate of drug-likeness (QED) is 0.372. The van der Waals surface area contributed by atoms with E-state index in [1.165, 1.54) is 22.8 Å². The molecule has 1 N–H and O–H groups in total. The Morgan fingerprint density at radius 3 is 2.44 bits per heavy atom. The maximum Gasteiger partial charge on any atom is 0.341 e. The lowest BCUT2D eigenvalue weighted by Crippen LogP contribution is -2.30. The fourth-order valence-corrected chi connectivity index (χ4v) is 4.73. The van der Waals surface area contributed by atoms with Crippen LogP contribution in [0.15, 0.2) is 96.7 Å². The number of benzene rings is 2. The van der Waals surface area contributed by atoms with Crippen molar-refractivity contribution in [3.8, 4) is 11.4 Å². The second-order valence-electron chi connectivity index (χ2n) is 7.43. The highest BCUT2D eigenvalue weighted by atomic mass is 32.2. The zero-order valence-corrected chi connectivity index (χ0v) is 18.9. The van der Waals surface area contributed by atoms with Crippen LogP contribution in [0.4, 0.5) is 0 Å². The Bertz CT molecular complexity index is 1340. The van der Waals surface area contributed by atoms with E-state index < -0.39 is 22.6 Å². The molecule has 10 heteroatoms. The van der Waals surface area contributed by atoms with E-state index in [2.05, 4.69) is 9.97 Å². The summed E-state index contributed by atoms with van der Waals surface area (Å²) in [6.45, 7) is -0.295. The van der Waals surface area contributed by atoms with Crippen LogP contribution in [-0.4, -0.2) is 44.9 Å². The highest BCUT2D eigenvalue weighted by molar-refractivity contribution is 7.89. The molecular formula is C24H22N4O5S. The molecule has 0 atom stereocenters. The summed E-state index contributed by atoms with van der Waals surface area (Å²) in [7, 11) is -3.87. The first kappa shape index (κ1) is 23.1. The van der Waals surface area contributed by atoms with E-state index in [1.807, 2.05) is 35.0 Å². The van der Waals surface area contributed by atoms with Gasteiger partial charge in [-0.15, -0.1) is 0 Å². The van der Waals surface area contributed by atoms with Crippen LogP contribution in [0, 0.1) is 0 Å². The molecule has 2 aromatic heterocycles. The summed E-state index contributed by atoms with van der Waals surface area (Å²) in [5.74, 6) is -0.742. The summed E-state index contributed by atoms with van der Waals surface area (Å²) in [5, 5.41) is 8.84. The lowest BCUT2D eigenvalue weighted by molar-refractivity contribution is -0.139. The molecule has 0 aliphatic rings. The van der Waals surface area contributed by atoms with Crippen molar-refractivity contribution in [2.75, 3.05) is 6.61 Å². The molecule has 0 spiro atoms. The van der Waals surface area contributed by atoms with Crippen molar-refractivity contribution in [1.82, 2.24) is 18.8 Å². The summed E-state index contributed by atoms with van der Waals surface area (Å²) in [4.78, 5) is 18.9. The van der Waals surface area contributed by atoms with Gasteiger partial charge in [0.25, 0.3) is 0 Å². The van der Waals surface area contributed by atoms with Crippen molar-refractivity contribution in [2.24, 2.45) is 0 Å². The lowest BCUT2D eigenvalue weighted by Gasteiger charge is -2.23. The van der Waals surface area contributed by atoms with Crippen LogP contribution in [0.5, 0.6) is 5.75 Å². The molecule has 0 fully saturated rings. The van der Waals surface area contributed by atoms with Crippen molar-refractivity contribution >= 4 is 16.0 Å². The molecule has 9 nitrogen and oxygen atoms in total. The van der Waals surface area contributed by atoms with Crippen LogP contribution in [-0.2, 0) is 27.9 Å². The topological polar surface area (TPSA) is 115 Å². The average molecular weight is 479 g/mol. The van der Waals surface area contributed by atoms with E-state index in [0.29, 0.717) is 11.3 Å². The number of sulfonamides is 1. The van der Waals surface area contributed by atoms with Gasteiger partial charge in [0.05, 0.1) is 6.33 Å². The van der Waals surface area contributed by atoms with E-state index in [4.69, 9.17) is 9.84 Å². The van der Waals surface area contributed by atoms with E-state index >= 15 is 0 Å². The van der Waals surface area contributed by atoms with Gasteiger partial charge in [0.15, 0.2) is 6.61 Å². The Morgan fingerprint density at radius 1 is 0.971 bits per heavy atom. The largest absolute Gasteiger partial charge is 0.482 e. The number of hydrogen-bond acceptors (Lipinski definition) is 6. The number of aliphatic carboxylic acids is 1. The van der Waals surface area contributed by atoms with Crippen molar-refractivity contribution < 1.29 is 23.1 Å². The first-order chi connectivity index (χ1) is 16.4. The Hall–Kier alpha value is -4.02. The number of carbonyl (C=O) groups is 1. The number of ether oxygens (including phenoxy) is 1. The molecule has 0 aliphatic heterocycles. The summed E-state index contributed by atoms with van der Waals surface area (Å²) in [5.41, 5.74) is 2.37. The summed E-state index contributed by atoms with van der Waals surface area (Å²) in [6, 6.07) is 17.3. The number of carboxylic acid groups (broad SMARTS) is 1. The van der Waals surface area contributed by atoms with Gasteiger partial charge in [-0.05, 0) is 47.5 Å². The molecule has 0 radical (unpaired) electrons. The Morgan fingerprint density at radius 2 is 1.76 bits per heavy atom. The molecular weight excluding hydrogens is 456 g/mol. The number of imidazole rings is 1. The third-order valence-corrected chi connectivity index (χ3v) is 6.76. The zero-order chi connectivity index (χ0) is 24.0. The van der Waals surface area contributed by atoms with Gasteiger partial charge in [0.2, 0.25) is 10.0 Å². The highest BCUT2D eigenvalue weighted by Crippen LogP contribution is 2.23. The van der Waals surface area contributed by atoms with Crippen LogP contribution in [0.25, 0.3) is 5.69 Å². The van der Waals surface area contributed by atoms with Gasteiger partial charge in [-0.25, -0.2) is 18.2 Å². The molecule has 0 aliphatic carbocycles. The fourth-order valence-electron chi connectivity index (χ4n) is 3.35. The SMILES string of the molecule is O=C(O)COc1cccc(CN(Cc2ccc(-n3ccnc3)cc2)S(=O)(=O)c2cccnc2)c1. The second-order valence-corrected chi connectivity index (χ2v) is 9.37. The van der Waals surface area contributed by atoms with E-state index in [-0.39, 0.29) is 18.0 Å². The van der Waals surface area contributed by atoms with Crippen LogP contribution in [0.1, 0.15) is 11.1 Å². The maximum atomic E-state index is 13.5. The average Bonchev–Trinajstić information content (AvgIpc) is 3.39. The van der Waals surface area contributed by atoms with Crippen molar-refractivity contribution in [3.63, 3.8) is 0 Å². The van der Waals surface area contributed by atoms with E-state index in [9.17, 15) is 13.2 Å². The number of nitrogens with zero attached hydrogens (tertiary/aromatic N) is 4. The second kappa shape index (κ2) is 10.3. The minimum atomic E-state index is -3.87. The van der Waals surface area contributed by atoms with Crippen molar-refractivity contribution in [3.05, 3.63) is 103 Å². The predicted octanol–water partition coefficient (Wildman–Crippen LogP) is 3.12. The van der Waals surface area contributed by atoms with Gasteiger partial charge in [-0.2, -0.15) is 4.31 Å². The van der Waals surface area contributed by atoms with Crippen molar-refractivity contribution in [2.45, 2.75) is 18.0 Å². The van der Waals surface area contributed by atoms with Gasteiger partial charge in [0, 0.05) is 43.6 Å². The summed E-state index contributed by atoms with van der Waals surface area (Å²) >= 11 is 0. The minimum Gasteiger partial charge on any atom is -0.482 e. The van der Waals surface area contributed by atoms with Crippen LogP contribution < -0.4 is 4.74 Å². The van der Waals surface area contributed by atoms with E-state index in [1.54, 1.807) is 42.9 Å². The number of rotatable bonds is 10. The molecule has 0 saturated heterocycles. The standard InChI is InChI=1S/C24H22N4O5S/c29-24(30)17-33-22-4-1-3-20(13-22)16-28(34(31,32)23-5-2-10-25-14-23)15-19-6-8-21(9-7-19)27-12-11-26-18-27/h1-14,18H,15-17H2,(H,29,30). The molecule has 2 heterocycles. The number of hydrogen-bond donors (Lipinski definition) is 1. The zero-order valence-electron chi connectivity index (χ0n) is 18.1. The Labute approximate surface area is 197 Å². The van der Waals surface area contributed by atoms with Gasteiger partial charge in [-0.1, -0.05) is 24.3 Å². The maximum absolute atomic E-state index is 13.5. The van der Waals surface area contributed by atoms with Crippen LogP contribution in [0.2, 0.25) is 0 Å². The Kier molecular flexibility index (Phi) is 7.00.